The largest absolute Gasteiger partial charge is 0.495 e. The standard InChI is InChI=1S/C25H24N4O4/c1-3-28-20-9-5-6-10-21(20)29(25(28)32)16-23(30)26-18-14-12-17(13-15-18)24(31)27-19-8-4-7-11-22(19)33-2/h4-15H,3,16H2,1-2H3,(H,26,30)(H,27,31). The minimum absolute atomic E-state index is 0.109. The van der Waals surface area contributed by atoms with Crippen molar-refractivity contribution in [3.05, 3.63) is 88.8 Å². The molecule has 0 aliphatic rings. The van der Waals surface area contributed by atoms with Crippen LogP contribution >= 0.6 is 0 Å². The number of nitrogens with zero attached hydrogens (tertiary/aromatic N) is 2. The number of nitrogens with one attached hydrogen (secondary N) is 2. The maximum absolute atomic E-state index is 12.7. The number of para-hydroxylation sites is 4. The van der Waals surface area contributed by atoms with Gasteiger partial charge in [0.15, 0.2) is 0 Å². The summed E-state index contributed by atoms with van der Waals surface area (Å²) in [6.07, 6.45) is 0. The highest BCUT2D eigenvalue weighted by atomic mass is 16.5. The van der Waals surface area contributed by atoms with Gasteiger partial charge in [0.25, 0.3) is 5.91 Å². The monoisotopic (exact) mass is 444 g/mol. The van der Waals surface area contributed by atoms with Crippen molar-refractivity contribution in [3.8, 4) is 5.75 Å². The van der Waals surface area contributed by atoms with Gasteiger partial charge < -0.3 is 15.4 Å². The minimum Gasteiger partial charge on any atom is -0.495 e. The van der Waals surface area contributed by atoms with Crippen LogP contribution in [-0.4, -0.2) is 28.1 Å². The number of methoxy groups -OCH3 is 1. The lowest BCUT2D eigenvalue weighted by atomic mass is 10.2. The second-order valence-electron chi connectivity index (χ2n) is 7.38. The molecule has 33 heavy (non-hydrogen) atoms. The summed E-state index contributed by atoms with van der Waals surface area (Å²) in [7, 11) is 1.54. The van der Waals surface area contributed by atoms with Crippen LogP contribution in [0.5, 0.6) is 5.75 Å². The first-order valence-electron chi connectivity index (χ1n) is 10.5. The quantitative estimate of drug-likeness (QED) is 0.454. The zero-order chi connectivity index (χ0) is 23.4. The lowest BCUT2D eigenvalue weighted by molar-refractivity contribution is -0.116. The van der Waals surface area contributed by atoms with E-state index in [1.807, 2.05) is 37.3 Å². The first-order valence-corrected chi connectivity index (χ1v) is 10.5. The molecule has 0 atom stereocenters. The second kappa shape index (κ2) is 9.44. The highest BCUT2D eigenvalue weighted by Gasteiger charge is 2.15. The van der Waals surface area contributed by atoms with Gasteiger partial charge in [-0.05, 0) is 55.5 Å². The highest BCUT2D eigenvalue weighted by molar-refractivity contribution is 6.05. The average molecular weight is 444 g/mol. The van der Waals surface area contributed by atoms with Gasteiger partial charge in [-0.15, -0.1) is 0 Å². The fourth-order valence-corrected chi connectivity index (χ4v) is 3.72. The van der Waals surface area contributed by atoms with Crippen molar-refractivity contribution in [2.45, 2.75) is 20.0 Å². The Balaban J connectivity index is 1.45. The van der Waals surface area contributed by atoms with Crippen molar-refractivity contribution in [2.75, 3.05) is 17.7 Å². The molecule has 0 saturated heterocycles. The summed E-state index contributed by atoms with van der Waals surface area (Å²) in [4.78, 5) is 37.9. The number of amides is 2. The van der Waals surface area contributed by atoms with Crippen LogP contribution < -0.4 is 21.1 Å². The van der Waals surface area contributed by atoms with Crippen LogP contribution in [0.3, 0.4) is 0 Å². The first kappa shape index (κ1) is 21.9. The van der Waals surface area contributed by atoms with Gasteiger partial charge >= 0.3 is 5.69 Å². The maximum atomic E-state index is 12.7. The molecule has 4 rings (SSSR count). The van der Waals surface area contributed by atoms with Crippen molar-refractivity contribution >= 4 is 34.2 Å². The van der Waals surface area contributed by atoms with Crippen LogP contribution in [0.1, 0.15) is 17.3 Å². The molecular weight excluding hydrogens is 420 g/mol. The van der Waals surface area contributed by atoms with E-state index in [1.54, 1.807) is 47.0 Å². The molecule has 0 bridgehead atoms. The summed E-state index contributed by atoms with van der Waals surface area (Å²) < 4.78 is 8.35. The van der Waals surface area contributed by atoms with Gasteiger partial charge in [-0.1, -0.05) is 24.3 Å². The van der Waals surface area contributed by atoms with Gasteiger partial charge in [0, 0.05) is 17.8 Å². The van der Waals surface area contributed by atoms with Crippen LogP contribution in [-0.2, 0) is 17.9 Å². The van der Waals surface area contributed by atoms with Gasteiger partial charge in [-0.25, -0.2) is 4.79 Å². The van der Waals surface area contributed by atoms with E-state index in [0.717, 1.165) is 5.52 Å². The van der Waals surface area contributed by atoms with Crippen molar-refractivity contribution in [2.24, 2.45) is 0 Å². The summed E-state index contributed by atoms with van der Waals surface area (Å²) in [5.74, 6) is -0.0620. The molecule has 2 amide bonds. The van der Waals surface area contributed by atoms with Crippen molar-refractivity contribution in [1.29, 1.82) is 0 Å². The summed E-state index contributed by atoms with van der Waals surface area (Å²) in [6, 6.07) is 21.1. The van der Waals surface area contributed by atoms with Gasteiger partial charge in [-0.2, -0.15) is 0 Å². The molecule has 0 unspecified atom stereocenters. The fraction of sp³-hybridized carbons (Fsp3) is 0.160. The predicted octanol–water partition coefficient (Wildman–Crippen LogP) is 3.72. The van der Waals surface area contributed by atoms with Crippen molar-refractivity contribution in [1.82, 2.24) is 9.13 Å². The van der Waals surface area contributed by atoms with E-state index in [1.165, 1.54) is 11.7 Å². The normalized spacial score (nSPS) is 10.7. The van der Waals surface area contributed by atoms with Crippen LogP contribution in [0.25, 0.3) is 11.0 Å². The molecule has 8 nitrogen and oxygen atoms in total. The Morgan fingerprint density at radius 3 is 2.15 bits per heavy atom. The van der Waals surface area contributed by atoms with Crippen LogP contribution in [0.15, 0.2) is 77.6 Å². The number of hydrogen-bond donors (Lipinski definition) is 2. The Kier molecular flexibility index (Phi) is 6.26. The number of ether oxygens (including phenoxy) is 1. The number of imidazole rings is 1. The molecule has 8 heteroatoms. The molecule has 0 fully saturated rings. The van der Waals surface area contributed by atoms with E-state index in [9.17, 15) is 14.4 Å². The lowest BCUT2D eigenvalue weighted by Crippen LogP contribution is -2.29. The van der Waals surface area contributed by atoms with Crippen LogP contribution in [0.2, 0.25) is 0 Å². The summed E-state index contributed by atoms with van der Waals surface area (Å²) >= 11 is 0. The smallest absolute Gasteiger partial charge is 0.329 e. The van der Waals surface area contributed by atoms with Gasteiger partial charge in [0.05, 0.1) is 23.8 Å². The number of aromatic nitrogens is 2. The van der Waals surface area contributed by atoms with E-state index in [-0.39, 0.29) is 24.0 Å². The Bertz CT molecular complexity index is 1370. The Labute approximate surface area is 190 Å². The average Bonchev–Trinajstić information content (AvgIpc) is 3.10. The van der Waals surface area contributed by atoms with Crippen molar-refractivity contribution in [3.63, 3.8) is 0 Å². The number of hydrogen-bond acceptors (Lipinski definition) is 4. The number of rotatable bonds is 7. The number of carbonyl (C=O) groups excluding carboxylic acids is 2. The van der Waals surface area contributed by atoms with Gasteiger partial charge in [0.1, 0.15) is 12.3 Å². The Morgan fingerprint density at radius 1 is 0.848 bits per heavy atom. The summed E-state index contributed by atoms with van der Waals surface area (Å²) in [5, 5.41) is 5.59. The molecule has 0 saturated carbocycles. The number of benzene rings is 3. The van der Waals surface area contributed by atoms with Crippen molar-refractivity contribution < 1.29 is 14.3 Å². The third-order valence-electron chi connectivity index (χ3n) is 5.33. The topological polar surface area (TPSA) is 94.4 Å². The molecule has 0 radical (unpaired) electrons. The van der Waals surface area contributed by atoms with Gasteiger partial charge in [0.2, 0.25) is 5.91 Å². The summed E-state index contributed by atoms with van der Waals surface area (Å²) in [5.41, 5.74) is 2.81. The zero-order valence-electron chi connectivity index (χ0n) is 18.4. The van der Waals surface area contributed by atoms with E-state index in [2.05, 4.69) is 10.6 Å². The zero-order valence-corrected chi connectivity index (χ0v) is 18.4. The molecule has 3 aromatic carbocycles. The number of fused-ring (bicyclic) bond motifs is 1. The lowest BCUT2D eigenvalue weighted by Gasteiger charge is -2.10. The molecule has 2 N–H and O–H groups in total. The molecule has 1 aromatic heterocycles. The third kappa shape index (κ3) is 4.50. The Morgan fingerprint density at radius 2 is 1.48 bits per heavy atom. The van der Waals surface area contributed by atoms with E-state index >= 15 is 0 Å². The molecule has 0 aliphatic carbocycles. The molecule has 4 aromatic rings. The minimum atomic E-state index is -0.331. The Hall–Kier alpha value is -4.33. The third-order valence-corrected chi connectivity index (χ3v) is 5.33. The first-order chi connectivity index (χ1) is 16.0. The van der Waals surface area contributed by atoms with E-state index < -0.39 is 0 Å². The van der Waals surface area contributed by atoms with Crippen LogP contribution in [0, 0.1) is 0 Å². The van der Waals surface area contributed by atoms with E-state index in [4.69, 9.17) is 4.74 Å². The fourth-order valence-electron chi connectivity index (χ4n) is 3.72. The second-order valence-corrected chi connectivity index (χ2v) is 7.38. The molecule has 1 heterocycles. The number of carbonyl (C=O) groups is 2. The maximum Gasteiger partial charge on any atom is 0.329 e. The number of anilines is 2. The van der Waals surface area contributed by atoms with Crippen LogP contribution in [0.4, 0.5) is 11.4 Å². The molecular formula is C25H24N4O4. The molecule has 168 valence electrons. The van der Waals surface area contributed by atoms with Gasteiger partial charge in [-0.3, -0.25) is 18.7 Å². The SMILES string of the molecule is CCn1c(=O)n(CC(=O)Nc2ccc(C(=O)Nc3ccccc3OC)cc2)c2ccccc21. The molecule has 0 aliphatic heterocycles. The predicted molar refractivity (Wildman–Crippen MR) is 128 cm³/mol. The van der Waals surface area contributed by atoms with E-state index in [0.29, 0.717) is 34.7 Å². The molecule has 0 spiro atoms. The number of aryl methyl sites for hydroxylation is 1. The highest BCUT2D eigenvalue weighted by Crippen LogP contribution is 2.24. The summed E-state index contributed by atoms with van der Waals surface area (Å²) in [6.45, 7) is 2.30.